The van der Waals surface area contributed by atoms with Crippen molar-refractivity contribution >= 4 is 5.91 Å². The van der Waals surface area contributed by atoms with Crippen molar-refractivity contribution < 1.29 is 19.0 Å². The molecule has 0 radical (unpaired) electrons. The lowest BCUT2D eigenvalue weighted by Crippen LogP contribution is -2.38. The molecule has 0 aliphatic carbocycles. The minimum atomic E-state index is -0.180. The van der Waals surface area contributed by atoms with Crippen molar-refractivity contribution in [3.8, 4) is 5.88 Å². The van der Waals surface area contributed by atoms with Crippen LogP contribution in [0.1, 0.15) is 37.6 Å². The summed E-state index contributed by atoms with van der Waals surface area (Å²) < 4.78 is 16.4. The summed E-state index contributed by atoms with van der Waals surface area (Å²) in [4.78, 5) is 18.7. The normalized spacial score (nSPS) is 15.7. The van der Waals surface area contributed by atoms with E-state index in [2.05, 4.69) is 15.2 Å². The fraction of sp³-hybridized carbons (Fsp3) is 0.684. The number of ether oxygens (including phenoxy) is 3. The Bertz CT molecular complexity index is 537. The highest BCUT2D eigenvalue weighted by atomic mass is 16.5. The number of hydrogen-bond acceptors (Lipinski definition) is 6. The van der Waals surface area contributed by atoms with Gasteiger partial charge in [0.25, 0.3) is 5.91 Å². The number of nitrogens with zero attached hydrogens (tertiary/aromatic N) is 2. The SMILES string of the molecule is CC(C)(C)OCCOc1ccc(C(=O)NCCCN2CCOCC2)cn1. The molecule has 1 aromatic rings. The molecule has 0 unspecified atom stereocenters. The van der Waals surface area contributed by atoms with E-state index in [0.29, 0.717) is 31.2 Å². The average Bonchev–Trinajstić information content (AvgIpc) is 2.63. The molecule has 0 atom stereocenters. The second-order valence-corrected chi connectivity index (χ2v) is 7.26. The van der Waals surface area contributed by atoms with Crippen molar-refractivity contribution in [1.82, 2.24) is 15.2 Å². The molecule has 1 fully saturated rings. The van der Waals surface area contributed by atoms with Gasteiger partial charge in [0.15, 0.2) is 0 Å². The molecule has 1 saturated heterocycles. The Morgan fingerprint density at radius 3 is 2.69 bits per heavy atom. The number of rotatable bonds is 9. The van der Waals surface area contributed by atoms with Gasteiger partial charge in [-0.1, -0.05) is 0 Å². The molecule has 1 aromatic heterocycles. The molecular formula is C19H31N3O4. The van der Waals surface area contributed by atoms with E-state index in [1.807, 2.05) is 20.8 Å². The maximum absolute atomic E-state index is 12.1. The third kappa shape index (κ3) is 8.12. The van der Waals surface area contributed by atoms with Gasteiger partial charge in [0, 0.05) is 31.9 Å². The van der Waals surface area contributed by atoms with Gasteiger partial charge in [0.2, 0.25) is 5.88 Å². The predicted molar refractivity (Wildman–Crippen MR) is 99.6 cm³/mol. The van der Waals surface area contributed by atoms with Gasteiger partial charge in [-0.25, -0.2) is 4.98 Å². The quantitative estimate of drug-likeness (QED) is 0.672. The van der Waals surface area contributed by atoms with Crippen LogP contribution in [0.5, 0.6) is 5.88 Å². The Kier molecular flexibility index (Phi) is 8.28. The Morgan fingerprint density at radius 1 is 1.27 bits per heavy atom. The van der Waals surface area contributed by atoms with Crippen LogP contribution in [-0.4, -0.2) is 74.0 Å². The summed E-state index contributed by atoms with van der Waals surface area (Å²) in [5, 5.41) is 2.93. The second-order valence-electron chi connectivity index (χ2n) is 7.26. The van der Waals surface area contributed by atoms with Crippen molar-refractivity contribution in [2.75, 3.05) is 52.6 Å². The number of amides is 1. The minimum absolute atomic E-state index is 0.109. The zero-order valence-corrected chi connectivity index (χ0v) is 16.1. The van der Waals surface area contributed by atoms with Crippen molar-refractivity contribution in [3.63, 3.8) is 0 Å². The highest BCUT2D eigenvalue weighted by Crippen LogP contribution is 2.09. The Labute approximate surface area is 156 Å². The van der Waals surface area contributed by atoms with Crippen molar-refractivity contribution in [1.29, 1.82) is 0 Å². The van der Waals surface area contributed by atoms with Gasteiger partial charge in [-0.05, 0) is 39.8 Å². The number of carbonyl (C=O) groups is 1. The summed E-state index contributed by atoms with van der Waals surface area (Å²) in [6, 6.07) is 3.43. The standard InChI is InChI=1S/C19H31N3O4/c1-19(2,3)26-14-13-25-17-6-5-16(15-21-17)18(23)20-7-4-8-22-9-11-24-12-10-22/h5-6,15H,4,7-14H2,1-3H3,(H,20,23). The van der Waals surface area contributed by atoms with Crippen molar-refractivity contribution in [2.45, 2.75) is 32.8 Å². The van der Waals surface area contributed by atoms with Crippen LogP contribution in [0.15, 0.2) is 18.3 Å². The van der Waals surface area contributed by atoms with Crippen LogP contribution < -0.4 is 10.1 Å². The largest absolute Gasteiger partial charge is 0.475 e. The van der Waals surface area contributed by atoms with Crippen LogP contribution in [0, 0.1) is 0 Å². The zero-order chi connectivity index (χ0) is 18.8. The molecule has 0 aromatic carbocycles. The topological polar surface area (TPSA) is 72.9 Å². The Hall–Kier alpha value is -1.70. The fourth-order valence-corrected chi connectivity index (χ4v) is 2.53. The summed E-state index contributed by atoms with van der Waals surface area (Å²) in [6.07, 6.45) is 2.46. The smallest absolute Gasteiger partial charge is 0.252 e. The second kappa shape index (κ2) is 10.4. The Morgan fingerprint density at radius 2 is 2.04 bits per heavy atom. The molecule has 7 heteroatoms. The molecule has 2 rings (SSSR count). The van der Waals surface area contributed by atoms with E-state index >= 15 is 0 Å². The van der Waals surface area contributed by atoms with Gasteiger partial charge < -0.3 is 19.5 Å². The summed E-state index contributed by atoms with van der Waals surface area (Å²) in [5.41, 5.74) is 0.357. The summed E-state index contributed by atoms with van der Waals surface area (Å²) in [6.45, 7) is 12.1. The lowest BCUT2D eigenvalue weighted by molar-refractivity contribution is -0.0168. The molecular weight excluding hydrogens is 334 g/mol. The number of carbonyl (C=O) groups excluding carboxylic acids is 1. The van der Waals surface area contributed by atoms with E-state index in [0.717, 1.165) is 39.3 Å². The molecule has 0 spiro atoms. The van der Waals surface area contributed by atoms with Crippen LogP contribution in [0.3, 0.4) is 0 Å². The zero-order valence-electron chi connectivity index (χ0n) is 16.1. The molecule has 7 nitrogen and oxygen atoms in total. The van der Waals surface area contributed by atoms with Crippen LogP contribution in [0.2, 0.25) is 0 Å². The van der Waals surface area contributed by atoms with E-state index < -0.39 is 0 Å². The first-order chi connectivity index (χ1) is 12.4. The molecule has 0 bridgehead atoms. The van der Waals surface area contributed by atoms with Crippen LogP contribution in [0.4, 0.5) is 0 Å². The maximum atomic E-state index is 12.1. The van der Waals surface area contributed by atoms with Crippen molar-refractivity contribution in [2.24, 2.45) is 0 Å². The fourth-order valence-electron chi connectivity index (χ4n) is 2.53. The maximum Gasteiger partial charge on any atom is 0.252 e. The number of morpholine rings is 1. The van der Waals surface area contributed by atoms with Gasteiger partial charge in [0.05, 0.1) is 31.0 Å². The molecule has 146 valence electrons. The molecule has 2 heterocycles. The number of nitrogens with one attached hydrogen (secondary N) is 1. The van der Waals surface area contributed by atoms with E-state index in [1.165, 1.54) is 6.20 Å². The van der Waals surface area contributed by atoms with Crippen LogP contribution >= 0.6 is 0 Å². The van der Waals surface area contributed by atoms with E-state index in [-0.39, 0.29) is 11.5 Å². The first kappa shape index (κ1) is 20.6. The average molecular weight is 365 g/mol. The van der Waals surface area contributed by atoms with Gasteiger partial charge >= 0.3 is 0 Å². The molecule has 0 saturated carbocycles. The molecule has 1 aliphatic rings. The molecule has 26 heavy (non-hydrogen) atoms. The van der Waals surface area contributed by atoms with Crippen molar-refractivity contribution in [3.05, 3.63) is 23.9 Å². The summed E-state index contributed by atoms with van der Waals surface area (Å²) in [5.74, 6) is 0.383. The summed E-state index contributed by atoms with van der Waals surface area (Å²) >= 11 is 0. The minimum Gasteiger partial charge on any atom is -0.475 e. The molecule has 1 amide bonds. The highest BCUT2D eigenvalue weighted by Gasteiger charge is 2.11. The van der Waals surface area contributed by atoms with E-state index in [1.54, 1.807) is 12.1 Å². The van der Waals surface area contributed by atoms with Crippen LogP contribution in [-0.2, 0) is 9.47 Å². The highest BCUT2D eigenvalue weighted by molar-refractivity contribution is 5.93. The third-order valence-electron chi connectivity index (χ3n) is 3.91. The Balaban J connectivity index is 1.62. The lowest BCUT2D eigenvalue weighted by atomic mass is 10.2. The van der Waals surface area contributed by atoms with Gasteiger partial charge in [0.1, 0.15) is 6.61 Å². The monoisotopic (exact) mass is 365 g/mol. The number of aromatic nitrogens is 1. The third-order valence-corrected chi connectivity index (χ3v) is 3.91. The molecule has 1 aliphatic heterocycles. The van der Waals surface area contributed by atoms with E-state index in [4.69, 9.17) is 14.2 Å². The first-order valence-corrected chi connectivity index (χ1v) is 9.25. The first-order valence-electron chi connectivity index (χ1n) is 9.25. The van der Waals surface area contributed by atoms with Gasteiger partial charge in [-0.2, -0.15) is 0 Å². The predicted octanol–water partition coefficient (Wildman–Crippen LogP) is 1.73. The molecule has 1 N–H and O–H groups in total. The number of pyridine rings is 1. The number of hydrogen-bond donors (Lipinski definition) is 1. The van der Waals surface area contributed by atoms with Gasteiger partial charge in [-0.15, -0.1) is 0 Å². The van der Waals surface area contributed by atoms with Gasteiger partial charge in [-0.3, -0.25) is 9.69 Å². The van der Waals surface area contributed by atoms with E-state index in [9.17, 15) is 4.79 Å². The lowest BCUT2D eigenvalue weighted by Gasteiger charge is -2.26. The summed E-state index contributed by atoms with van der Waals surface area (Å²) in [7, 11) is 0. The van der Waals surface area contributed by atoms with Crippen LogP contribution in [0.25, 0.3) is 0 Å².